The molecule has 0 fully saturated rings. The van der Waals surface area contributed by atoms with Crippen LogP contribution in [0.2, 0.25) is 0 Å². The highest BCUT2D eigenvalue weighted by Crippen LogP contribution is 2.29. The molecule has 0 saturated carbocycles. The summed E-state index contributed by atoms with van der Waals surface area (Å²) in [5.74, 6) is 2.00. The number of nitrogen functional groups attached to an aromatic ring is 1. The normalized spacial score (nSPS) is 12.9. The van der Waals surface area contributed by atoms with E-state index in [4.69, 9.17) is 10.7 Å². The molecule has 27 heavy (non-hydrogen) atoms. The second kappa shape index (κ2) is 8.46. The molecule has 2 aromatic heterocycles. The van der Waals surface area contributed by atoms with Crippen LogP contribution in [0.5, 0.6) is 0 Å². The number of nitrogens with zero attached hydrogens (tertiary/aromatic N) is 4. The molecule has 1 aromatic carbocycles. The van der Waals surface area contributed by atoms with Crippen LogP contribution in [-0.2, 0) is 13.0 Å². The monoisotopic (exact) mass is 367 g/mol. The number of nitrogens with two attached hydrogens (primary N) is 1. The van der Waals surface area contributed by atoms with Crippen molar-refractivity contribution in [3.63, 3.8) is 0 Å². The minimum absolute atomic E-state index is 0.113. The first-order valence-corrected chi connectivity index (χ1v) is 9.90. The van der Waals surface area contributed by atoms with Crippen LogP contribution in [0, 0.1) is 10.8 Å². The summed E-state index contributed by atoms with van der Waals surface area (Å²) in [6, 6.07) is 7.94. The summed E-state index contributed by atoms with van der Waals surface area (Å²) in [6.07, 6.45) is 4.44. The van der Waals surface area contributed by atoms with Crippen molar-refractivity contribution in [2.45, 2.75) is 65.5 Å². The van der Waals surface area contributed by atoms with Gasteiger partial charge < -0.3 is 10.3 Å². The number of imidazole rings is 1. The van der Waals surface area contributed by atoms with Crippen LogP contribution in [0.25, 0.3) is 21.9 Å². The van der Waals surface area contributed by atoms with Crippen molar-refractivity contribution in [1.29, 1.82) is 0 Å². The van der Waals surface area contributed by atoms with Gasteiger partial charge in [0.15, 0.2) is 5.82 Å². The van der Waals surface area contributed by atoms with E-state index in [9.17, 15) is 4.91 Å². The fourth-order valence-electron chi connectivity index (χ4n) is 3.80. The fraction of sp³-hybridized carbons (Fsp3) is 0.524. The number of aryl methyl sites for hydroxylation is 2. The van der Waals surface area contributed by atoms with Crippen molar-refractivity contribution in [3.05, 3.63) is 35.0 Å². The number of benzene rings is 1. The zero-order valence-electron chi connectivity index (χ0n) is 16.5. The third-order valence-electron chi connectivity index (χ3n) is 4.97. The van der Waals surface area contributed by atoms with Gasteiger partial charge in [0, 0.05) is 18.4 Å². The highest BCUT2D eigenvalue weighted by atomic mass is 16.3. The lowest BCUT2D eigenvalue weighted by molar-refractivity contribution is 0.448. The second-order valence-corrected chi connectivity index (χ2v) is 7.67. The molecule has 3 rings (SSSR count). The van der Waals surface area contributed by atoms with Crippen molar-refractivity contribution in [2.75, 3.05) is 5.73 Å². The molecule has 1 atom stereocenters. The van der Waals surface area contributed by atoms with E-state index in [0.717, 1.165) is 66.4 Å². The van der Waals surface area contributed by atoms with Gasteiger partial charge >= 0.3 is 0 Å². The maximum atomic E-state index is 11.1. The van der Waals surface area contributed by atoms with Crippen LogP contribution in [0.4, 0.5) is 5.82 Å². The molecule has 0 amide bonds. The first-order chi connectivity index (χ1) is 13.0. The molecular formula is C21H29N5O. The van der Waals surface area contributed by atoms with Crippen LogP contribution in [0.15, 0.2) is 29.4 Å². The van der Waals surface area contributed by atoms with Crippen LogP contribution in [0.3, 0.4) is 0 Å². The number of hydrogen-bond acceptors (Lipinski definition) is 5. The SMILES string of the molecule is CCCc1nc2c(N)nc3ccccc3c2n1CCCC(CC(C)C)N=O. The van der Waals surface area contributed by atoms with E-state index in [1.54, 1.807) is 0 Å². The summed E-state index contributed by atoms with van der Waals surface area (Å²) < 4.78 is 2.27. The van der Waals surface area contributed by atoms with Crippen molar-refractivity contribution < 1.29 is 0 Å². The lowest BCUT2D eigenvalue weighted by atomic mass is 10.0. The lowest BCUT2D eigenvalue weighted by Crippen LogP contribution is -2.11. The maximum absolute atomic E-state index is 11.1. The molecule has 0 spiro atoms. The van der Waals surface area contributed by atoms with Crippen LogP contribution < -0.4 is 5.73 Å². The summed E-state index contributed by atoms with van der Waals surface area (Å²) in [5, 5.41) is 4.40. The number of fused-ring (bicyclic) bond motifs is 3. The van der Waals surface area contributed by atoms with Gasteiger partial charge in [-0.15, -0.1) is 0 Å². The average molecular weight is 367 g/mol. The highest BCUT2D eigenvalue weighted by molar-refractivity contribution is 6.06. The Balaban J connectivity index is 1.97. The predicted octanol–water partition coefficient (Wildman–Crippen LogP) is 5.08. The van der Waals surface area contributed by atoms with Gasteiger partial charge in [-0.1, -0.05) is 44.1 Å². The summed E-state index contributed by atoms with van der Waals surface area (Å²) in [4.78, 5) is 20.5. The zero-order chi connectivity index (χ0) is 19.4. The highest BCUT2D eigenvalue weighted by Gasteiger charge is 2.17. The number of aromatic nitrogens is 3. The Kier molecular flexibility index (Phi) is 6.04. The van der Waals surface area contributed by atoms with Crippen molar-refractivity contribution in [2.24, 2.45) is 11.1 Å². The maximum Gasteiger partial charge on any atom is 0.152 e. The Morgan fingerprint density at radius 1 is 1.22 bits per heavy atom. The number of para-hydroxylation sites is 1. The van der Waals surface area contributed by atoms with Gasteiger partial charge in [-0.25, -0.2) is 9.97 Å². The number of nitroso groups, excluding NO2 is 1. The molecular weight excluding hydrogens is 338 g/mol. The van der Waals surface area contributed by atoms with Gasteiger partial charge in [0.05, 0.1) is 17.1 Å². The topological polar surface area (TPSA) is 86.2 Å². The van der Waals surface area contributed by atoms with Crippen LogP contribution in [0.1, 0.15) is 52.3 Å². The Labute approximate surface area is 160 Å². The molecule has 6 nitrogen and oxygen atoms in total. The number of hydrogen-bond donors (Lipinski definition) is 1. The number of rotatable bonds is 9. The van der Waals surface area contributed by atoms with Gasteiger partial charge in [0.25, 0.3) is 0 Å². The quantitative estimate of drug-likeness (QED) is 0.534. The molecule has 0 saturated heterocycles. The van der Waals surface area contributed by atoms with E-state index in [1.165, 1.54) is 0 Å². The van der Waals surface area contributed by atoms with Gasteiger partial charge in [0.1, 0.15) is 11.3 Å². The first kappa shape index (κ1) is 19.3. The zero-order valence-corrected chi connectivity index (χ0v) is 16.5. The number of pyridine rings is 1. The summed E-state index contributed by atoms with van der Waals surface area (Å²) >= 11 is 0. The van der Waals surface area contributed by atoms with Crippen LogP contribution >= 0.6 is 0 Å². The lowest BCUT2D eigenvalue weighted by Gasteiger charge is -2.14. The Morgan fingerprint density at radius 3 is 2.70 bits per heavy atom. The molecule has 3 aromatic rings. The van der Waals surface area contributed by atoms with Gasteiger partial charge in [-0.2, -0.15) is 4.91 Å². The van der Waals surface area contributed by atoms with Gasteiger partial charge in [0.2, 0.25) is 0 Å². The molecule has 1 unspecified atom stereocenters. The summed E-state index contributed by atoms with van der Waals surface area (Å²) in [6.45, 7) is 7.22. The van der Waals surface area contributed by atoms with Crippen LogP contribution in [-0.4, -0.2) is 20.6 Å². The minimum Gasteiger partial charge on any atom is -0.382 e. The largest absolute Gasteiger partial charge is 0.382 e. The molecule has 144 valence electrons. The van der Waals surface area contributed by atoms with Crippen molar-refractivity contribution >= 4 is 27.8 Å². The van der Waals surface area contributed by atoms with Gasteiger partial charge in [-0.05, 0) is 37.7 Å². The summed E-state index contributed by atoms with van der Waals surface area (Å²) in [5.41, 5.74) is 8.94. The van der Waals surface area contributed by atoms with E-state index in [-0.39, 0.29) is 6.04 Å². The summed E-state index contributed by atoms with van der Waals surface area (Å²) in [7, 11) is 0. The van der Waals surface area contributed by atoms with E-state index < -0.39 is 0 Å². The van der Waals surface area contributed by atoms with Crippen molar-refractivity contribution in [1.82, 2.24) is 14.5 Å². The third-order valence-corrected chi connectivity index (χ3v) is 4.97. The van der Waals surface area contributed by atoms with E-state index in [1.807, 2.05) is 18.2 Å². The third kappa shape index (κ3) is 4.10. The average Bonchev–Trinajstić information content (AvgIpc) is 3.00. The Bertz CT molecular complexity index is 931. The molecule has 0 aliphatic carbocycles. The predicted molar refractivity (Wildman–Crippen MR) is 112 cm³/mol. The van der Waals surface area contributed by atoms with E-state index >= 15 is 0 Å². The Morgan fingerprint density at radius 2 is 2.00 bits per heavy atom. The smallest absolute Gasteiger partial charge is 0.152 e. The fourth-order valence-corrected chi connectivity index (χ4v) is 3.80. The number of anilines is 1. The minimum atomic E-state index is -0.113. The molecule has 0 aliphatic heterocycles. The standard InChI is InChI=1S/C21H29N5O/c1-4-8-18-24-19-20(16-10-5-6-11-17(16)23-21(19)22)26(18)12-7-9-15(25-27)13-14(2)3/h5-6,10-11,14-15H,4,7-9,12-13H2,1-3H3,(H2,22,23). The van der Waals surface area contributed by atoms with Crippen molar-refractivity contribution in [3.8, 4) is 0 Å². The molecule has 0 radical (unpaired) electrons. The molecule has 2 heterocycles. The van der Waals surface area contributed by atoms with Gasteiger partial charge in [-0.3, -0.25) is 0 Å². The molecule has 0 bridgehead atoms. The van der Waals surface area contributed by atoms with E-state index in [2.05, 4.69) is 41.6 Å². The first-order valence-electron chi connectivity index (χ1n) is 9.90. The molecule has 6 heteroatoms. The van der Waals surface area contributed by atoms with E-state index in [0.29, 0.717) is 11.7 Å². The molecule has 0 aliphatic rings. The second-order valence-electron chi connectivity index (χ2n) is 7.67. The Hall–Kier alpha value is -2.50. The molecule has 2 N–H and O–H groups in total.